The van der Waals surface area contributed by atoms with Crippen LogP contribution in [-0.2, 0) is 0 Å². The Morgan fingerprint density at radius 2 is 2.19 bits per heavy atom. The lowest BCUT2D eigenvalue weighted by Crippen LogP contribution is -2.38. The van der Waals surface area contributed by atoms with Crippen molar-refractivity contribution in [2.75, 3.05) is 6.54 Å². The van der Waals surface area contributed by atoms with Gasteiger partial charge in [-0.1, -0.05) is 0 Å². The van der Waals surface area contributed by atoms with Crippen LogP contribution >= 0.6 is 12.4 Å². The van der Waals surface area contributed by atoms with Gasteiger partial charge >= 0.3 is 0 Å². The summed E-state index contributed by atoms with van der Waals surface area (Å²) in [6.45, 7) is 6.31. The Balaban J connectivity index is 0.00000225. The zero-order valence-electron chi connectivity index (χ0n) is 9.80. The molecule has 5 nitrogen and oxygen atoms in total. The average Bonchev–Trinajstić information content (AvgIpc) is 2.66. The Kier molecular flexibility index (Phi) is 6.06. The maximum Gasteiger partial charge on any atom is 0.272 e. The summed E-state index contributed by atoms with van der Waals surface area (Å²) < 4.78 is 1.75. The highest BCUT2D eigenvalue weighted by molar-refractivity contribution is 5.92. The second kappa shape index (κ2) is 6.50. The van der Waals surface area contributed by atoms with Crippen LogP contribution in [0.3, 0.4) is 0 Å². The van der Waals surface area contributed by atoms with E-state index in [-0.39, 0.29) is 30.4 Å². The Morgan fingerprint density at radius 1 is 1.56 bits per heavy atom. The van der Waals surface area contributed by atoms with E-state index in [0.29, 0.717) is 12.2 Å². The highest BCUT2D eigenvalue weighted by atomic mass is 35.5. The van der Waals surface area contributed by atoms with Crippen LogP contribution in [0.25, 0.3) is 0 Å². The number of carbonyl (C=O) groups excluding carboxylic acids is 1. The van der Waals surface area contributed by atoms with E-state index < -0.39 is 0 Å². The fraction of sp³-hybridized carbons (Fsp3) is 0.600. The maximum absolute atomic E-state index is 11.6. The average molecular weight is 247 g/mol. The summed E-state index contributed by atoms with van der Waals surface area (Å²) in [6, 6.07) is 1.94. The first-order chi connectivity index (χ1) is 7.04. The third kappa shape index (κ3) is 3.83. The molecule has 16 heavy (non-hydrogen) atoms. The SMILES string of the molecule is CC(C)n1ccc(C(=O)N[C@@H](C)CN)n1.Cl. The number of hydrogen-bond acceptors (Lipinski definition) is 3. The summed E-state index contributed by atoms with van der Waals surface area (Å²) >= 11 is 0. The van der Waals surface area contributed by atoms with Gasteiger partial charge in [0.2, 0.25) is 0 Å². The van der Waals surface area contributed by atoms with E-state index in [9.17, 15) is 4.79 Å². The topological polar surface area (TPSA) is 72.9 Å². The smallest absolute Gasteiger partial charge is 0.272 e. The van der Waals surface area contributed by atoms with Crippen molar-refractivity contribution < 1.29 is 4.79 Å². The van der Waals surface area contributed by atoms with Gasteiger partial charge < -0.3 is 11.1 Å². The van der Waals surface area contributed by atoms with Crippen LogP contribution in [0.5, 0.6) is 0 Å². The van der Waals surface area contributed by atoms with Gasteiger partial charge in [0.15, 0.2) is 0 Å². The number of nitrogens with zero attached hydrogens (tertiary/aromatic N) is 2. The van der Waals surface area contributed by atoms with Gasteiger partial charge in [-0.25, -0.2) is 0 Å². The van der Waals surface area contributed by atoms with E-state index in [2.05, 4.69) is 10.4 Å². The lowest BCUT2D eigenvalue weighted by molar-refractivity contribution is 0.0935. The summed E-state index contributed by atoms with van der Waals surface area (Å²) in [6.07, 6.45) is 1.80. The van der Waals surface area contributed by atoms with Gasteiger partial charge in [-0.2, -0.15) is 5.10 Å². The fourth-order valence-corrected chi connectivity index (χ4v) is 1.10. The Hall–Kier alpha value is -1.07. The highest BCUT2D eigenvalue weighted by Gasteiger charge is 2.12. The van der Waals surface area contributed by atoms with Gasteiger partial charge in [-0.15, -0.1) is 12.4 Å². The highest BCUT2D eigenvalue weighted by Crippen LogP contribution is 2.04. The van der Waals surface area contributed by atoms with Crippen LogP contribution in [0, 0.1) is 0 Å². The van der Waals surface area contributed by atoms with E-state index in [0.717, 1.165) is 0 Å². The van der Waals surface area contributed by atoms with E-state index in [1.165, 1.54) is 0 Å². The first-order valence-corrected chi connectivity index (χ1v) is 5.10. The molecule has 0 unspecified atom stereocenters. The van der Waals surface area contributed by atoms with Crippen molar-refractivity contribution >= 4 is 18.3 Å². The number of halogens is 1. The van der Waals surface area contributed by atoms with Gasteiger partial charge in [0, 0.05) is 24.8 Å². The molecule has 92 valence electrons. The molecule has 0 aliphatic rings. The fourth-order valence-electron chi connectivity index (χ4n) is 1.10. The molecule has 3 N–H and O–H groups in total. The molecule has 1 atom stereocenters. The van der Waals surface area contributed by atoms with Crippen LogP contribution < -0.4 is 11.1 Å². The van der Waals surface area contributed by atoms with E-state index in [4.69, 9.17) is 5.73 Å². The molecular weight excluding hydrogens is 228 g/mol. The van der Waals surface area contributed by atoms with Gasteiger partial charge in [0.1, 0.15) is 5.69 Å². The summed E-state index contributed by atoms with van der Waals surface area (Å²) in [5.74, 6) is -0.174. The molecule has 0 saturated heterocycles. The number of nitrogens with one attached hydrogen (secondary N) is 1. The standard InChI is InChI=1S/C10H18N4O.ClH/c1-7(2)14-5-4-9(13-14)10(15)12-8(3)6-11;/h4-5,7-8H,6,11H2,1-3H3,(H,12,15);1H/t8-;/m0./s1. The molecule has 0 fully saturated rings. The molecule has 1 amide bonds. The number of amides is 1. The normalized spacial score (nSPS) is 12.1. The largest absolute Gasteiger partial charge is 0.347 e. The van der Waals surface area contributed by atoms with E-state index in [1.54, 1.807) is 16.9 Å². The summed E-state index contributed by atoms with van der Waals surface area (Å²) in [7, 11) is 0. The third-order valence-electron chi connectivity index (χ3n) is 2.10. The molecule has 1 aromatic heterocycles. The first kappa shape index (κ1) is 14.9. The monoisotopic (exact) mass is 246 g/mol. The van der Waals surface area contributed by atoms with Crippen molar-refractivity contribution in [2.45, 2.75) is 32.9 Å². The Morgan fingerprint density at radius 3 is 2.62 bits per heavy atom. The molecule has 6 heteroatoms. The van der Waals surface area contributed by atoms with Crippen LogP contribution in [0.2, 0.25) is 0 Å². The van der Waals surface area contributed by atoms with Crippen LogP contribution in [0.1, 0.15) is 37.3 Å². The minimum atomic E-state index is -0.174. The molecule has 0 aromatic carbocycles. The minimum Gasteiger partial charge on any atom is -0.347 e. The van der Waals surface area contributed by atoms with Crippen LogP contribution in [-0.4, -0.2) is 28.3 Å². The third-order valence-corrected chi connectivity index (χ3v) is 2.10. The van der Waals surface area contributed by atoms with Crippen molar-refractivity contribution in [3.63, 3.8) is 0 Å². The molecule has 0 saturated carbocycles. The zero-order chi connectivity index (χ0) is 11.4. The summed E-state index contributed by atoms with van der Waals surface area (Å²) in [5, 5.41) is 6.92. The molecule has 1 rings (SSSR count). The number of hydrogen-bond donors (Lipinski definition) is 2. The van der Waals surface area contributed by atoms with Crippen molar-refractivity contribution in [3.8, 4) is 0 Å². The number of carbonyl (C=O) groups is 1. The van der Waals surface area contributed by atoms with E-state index >= 15 is 0 Å². The van der Waals surface area contributed by atoms with Crippen molar-refractivity contribution in [2.24, 2.45) is 5.73 Å². The van der Waals surface area contributed by atoms with E-state index in [1.807, 2.05) is 20.8 Å². The Bertz CT molecular complexity index is 337. The quantitative estimate of drug-likeness (QED) is 0.831. The first-order valence-electron chi connectivity index (χ1n) is 5.10. The molecule has 0 spiro atoms. The minimum absolute atomic E-state index is 0. The number of rotatable bonds is 4. The number of aromatic nitrogens is 2. The maximum atomic E-state index is 11.6. The van der Waals surface area contributed by atoms with Gasteiger partial charge in [-0.3, -0.25) is 9.48 Å². The van der Waals surface area contributed by atoms with Crippen molar-refractivity contribution in [1.29, 1.82) is 0 Å². The predicted octanol–water partition coefficient (Wildman–Crippen LogP) is 0.963. The molecule has 0 bridgehead atoms. The number of nitrogens with two attached hydrogens (primary N) is 1. The predicted molar refractivity (Wildman–Crippen MR) is 65.8 cm³/mol. The van der Waals surface area contributed by atoms with Crippen molar-refractivity contribution in [3.05, 3.63) is 18.0 Å². The van der Waals surface area contributed by atoms with Gasteiger partial charge in [-0.05, 0) is 26.8 Å². The molecule has 1 heterocycles. The van der Waals surface area contributed by atoms with Crippen molar-refractivity contribution in [1.82, 2.24) is 15.1 Å². The molecular formula is C10H19ClN4O. The van der Waals surface area contributed by atoms with Crippen LogP contribution in [0.4, 0.5) is 0 Å². The zero-order valence-corrected chi connectivity index (χ0v) is 10.6. The molecule has 0 aliphatic heterocycles. The summed E-state index contributed by atoms with van der Waals surface area (Å²) in [4.78, 5) is 11.6. The lowest BCUT2D eigenvalue weighted by atomic mass is 10.3. The second-order valence-corrected chi connectivity index (χ2v) is 3.88. The van der Waals surface area contributed by atoms with Gasteiger partial charge in [0.05, 0.1) is 0 Å². The molecule has 0 aliphatic carbocycles. The molecule has 1 aromatic rings. The van der Waals surface area contributed by atoms with Gasteiger partial charge in [0.25, 0.3) is 5.91 Å². The summed E-state index contributed by atoms with van der Waals surface area (Å²) in [5.41, 5.74) is 5.85. The molecule has 0 radical (unpaired) electrons. The lowest BCUT2D eigenvalue weighted by Gasteiger charge is -2.09. The van der Waals surface area contributed by atoms with Crippen LogP contribution in [0.15, 0.2) is 12.3 Å². The second-order valence-electron chi connectivity index (χ2n) is 3.88. The Labute approximate surface area is 102 Å².